The first kappa shape index (κ1) is 18.9. The first-order valence-electron chi connectivity index (χ1n) is 7.51. The van der Waals surface area contributed by atoms with E-state index in [1.165, 1.54) is 0 Å². The van der Waals surface area contributed by atoms with E-state index in [1.807, 2.05) is 12.1 Å². The molecule has 0 saturated heterocycles. The smallest absolute Gasteiger partial charge is 0.258 e. The first-order chi connectivity index (χ1) is 12.1. The van der Waals surface area contributed by atoms with Crippen molar-refractivity contribution in [1.29, 1.82) is 0 Å². The molecule has 0 fully saturated rings. The first-order valence-corrected chi connectivity index (χ1v) is 8.30. The van der Waals surface area contributed by atoms with Gasteiger partial charge < -0.3 is 24.3 Å². The maximum atomic E-state index is 12.0. The van der Waals surface area contributed by atoms with Gasteiger partial charge in [0.25, 0.3) is 5.91 Å². The van der Waals surface area contributed by atoms with Crippen LogP contribution in [0.3, 0.4) is 0 Å². The molecule has 6 nitrogen and oxygen atoms in total. The number of methoxy groups -OCH3 is 3. The maximum Gasteiger partial charge on any atom is 0.258 e. The van der Waals surface area contributed by atoms with E-state index in [2.05, 4.69) is 21.2 Å². The second-order valence-corrected chi connectivity index (χ2v) is 5.97. The summed E-state index contributed by atoms with van der Waals surface area (Å²) in [6.45, 7) is 0.248. The van der Waals surface area contributed by atoms with Crippen LogP contribution in [0.1, 0.15) is 5.56 Å². The van der Waals surface area contributed by atoms with Gasteiger partial charge in [-0.1, -0.05) is 22.0 Å². The van der Waals surface area contributed by atoms with Crippen molar-refractivity contribution in [2.45, 2.75) is 6.54 Å². The molecule has 2 rings (SSSR count). The molecule has 134 valence electrons. The summed E-state index contributed by atoms with van der Waals surface area (Å²) in [6, 6.07) is 10.9. The van der Waals surface area contributed by atoms with Gasteiger partial charge in [0.05, 0.1) is 21.3 Å². The van der Waals surface area contributed by atoms with Crippen LogP contribution in [0.5, 0.6) is 23.0 Å². The van der Waals surface area contributed by atoms with Gasteiger partial charge in [0.2, 0.25) is 5.75 Å². The molecule has 25 heavy (non-hydrogen) atoms. The molecule has 0 aliphatic rings. The third-order valence-electron chi connectivity index (χ3n) is 3.38. The number of halogens is 1. The molecular formula is C18H20BrNO5. The second kappa shape index (κ2) is 9.17. The largest absolute Gasteiger partial charge is 0.493 e. The lowest BCUT2D eigenvalue weighted by atomic mass is 10.1. The zero-order valence-electron chi connectivity index (χ0n) is 14.3. The van der Waals surface area contributed by atoms with E-state index < -0.39 is 0 Å². The summed E-state index contributed by atoms with van der Waals surface area (Å²) in [7, 11) is 4.64. The molecule has 0 bridgehead atoms. The van der Waals surface area contributed by atoms with Gasteiger partial charge >= 0.3 is 0 Å². The number of carbonyl (C=O) groups excluding carboxylic acids is 1. The fourth-order valence-electron chi connectivity index (χ4n) is 2.19. The number of hydrogen-bond donors (Lipinski definition) is 1. The van der Waals surface area contributed by atoms with Gasteiger partial charge in [0, 0.05) is 11.0 Å². The maximum absolute atomic E-state index is 12.0. The number of amides is 1. The fraction of sp³-hybridized carbons (Fsp3) is 0.278. The SMILES string of the molecule is COc1cc(CNC(=O)COc2cccc(Br)c2)cc(OC)c1OC. The van der Waals surface area contributed by atoms with Crippen molar-refractivity contribution in [3.63, 3.8) is 0 Å². The number of hydrogen-bond acceptors (Lipinski definition) is 5. The molecule has 0 radical (unpaired) electrons. The van der Waals surface area contributed by atoms with E-state index in [0.29, 0.717) is 29.5 Å². The molecule has 1 amide bonds. The van der Waals surface area contributed by atoms with E-state index >= 15 is 0 Å². The van der Waals surface area contributed by atoms with Crippen molar-refractivity contribution in [2.24, 2.45) is 0 Å². The Bertz CT molecular complexity index is 710. The van der Waals surface area contributed by atoms with Crippen LogP contribution in [0, 0.1) is 0 Å². The minimum atomic E-state index is -0.228. The van der Waals surface area contributed by atoms with Crippen molar-refractivity contribution in [3.05, 3.63) is 46.4 Å². The highest BCUT2D eigenvalue weighted by Crippen LogP contribution is 2.38. The molecule has 0 aliphatic carbocycles. The molecule has 0 atom stereocenters. The molecule has 0 spiro atoms. The molecule has 0 heterocycles. The van der Waals surface area contributed by atoms with Crippen LogP contribution in [-0.4, -0.2) is 33.8 Å². The zero-order valence-corrected chi connectivity index (χ0v) is 15.9. The number of ether oxygens (including phenoxy) is 4. The summed E-state index contributed by atoms with van der Waals surface area (Å²) >= 11 is 3.35. The minimum absolute atomic E-state index is 0.0686. The molecule has 0 unspecified atom stereocenters. The molecule has 2 aromatic carbocycles. The molecule has 0 aliphatic heterocycles. The molecule has 0 aromatic heterocycles. The van der Waals surface area contributed by atoms with Gasteiger partial charge in [-0.15, -0.1) is 0 Å². The van der Waals surface area contributed by atoms with Crippen molar-refractivity contribution < 1.29 is 23.7 Å². The predicted octanol–water partition coefficient (Wildman–Crippen LogP) is 3.17. The van der Waals surface area contributed by atoms with Crippen LogP contribution in [0.4, 0.5) is 0 Å². The highest BCUT2D eigenvalue weighted by Gasteiger charge is 2.13. The van der Waals surface area contributed by atoms with Crippen LogP contribution in [0.2, 0.25) is 0 Å². The lowest BCUT2D eigenvalue weighted by Gasteiger charge is -2.14. The summed E-state index contributed by atoms with van der Waals surface area (Å²) in [5.41, 5.74) is 0.824. The monoisotopic (exact) mass is 409 g/mol. The van der Waals surface area contributed by atoms with Gasteiger partial charge in [-0.05, 0) is 35.9 Å². The van der Waals surface area contributed by atoms with Crippen molar-refractivity contribution in [3.8, 4) is 23.0 Å². The van der Waals surface area contributed by atoms with Crippen LogP contribution in [0.15, 0.2) is 40.9 Å². The standard InChI is InChI=1S/C18H20BrNO5/c1-22-15-7-12(8-16(23-2)18(15)24-3)10-20-17(21)11-25-14-6-4-5-13(19)9-14/h4-9H,10-11H2,1-3H3,(H,20,21). The van der Waals surface area contributed by atoms with Crippen LogP contribution in [0.25, 0.3) is 0 Å². The van der Waals surface area contributed by atoms with E-state index in [1.54, 1.807) is 45.6 Å². The normalized spacial score (nSPS) is 10.1. The Morgan fingerprint density at radius 3 is 2.28 bits per heavy atom. The average Bonchev–Trinajstić information content (AvgIpc) is 2.63. The van der Waals surface area contributed by atoms with Gasteiger partial charge in [0.1, 0.15) is 5.75 Å². The van der Waals surface area contributed by atoms with Crippen LogP contribution >= 0.6 is 15.9 Å². The number of carbonyl (C=O) groups is 1. The summed E-state index contributed by atoms with van der Waals surface area (Å²) in [5.74, 6) is 1.98. The van der Waals surface area contributed by atoms with E-state index in [-0.39, 0.29) is 12.5 Å². The topological polar surface area (TPSA) is 66.0 Å². The number of benzene rings is 2. The van der Waals surface area contributed by atoms with E-state index in [4.69, 9.17) is 18.9 Å². The quantitative estimate of drug-likeness (QED) is 0.725. The summed E-state index contributed by atoms with van der Waals surface area (Å²) in [6.07, 6.45) is 0. The van der Waals surface area contributed by atoms with Gasteiger partial charge in [0.15, 0.2) is 18.1 Å². The Morgan fingerprint density at radius 1 is 1.04 bits per heavy atom. The Hall–Kier alpha value is -2.41. The van der Waals surface area contributed by atoms with Gasteiger partial charge in [-0.25, -0.2) is 0 Å². The van der Waals surface area contributed by atoms with Crippen LogP contribution < -0.4 is 24.3 Å². The highest BCUT2D eigenvalue weighted by atomic mass is 79.9. The Kier molecular flexibility index (Phi) is 6.94. The lowest BCUT2D eigenvalue weighted by molar-refractivity contribution is -0.123. The average molecular weight is 410 g/mol. The predicted molar refractivity (Wildman–Crippen MR) is 97.6 cm³/mol. The van der Waals surface area contributed by atoms with Crippen molar-refractivity contribution >= 4 is 21.8 Å². The molecular weight excluding hydrogens is 390 g/mol. The Morgan fingerprint density at radius 2 is 1.72 bits per heavy atom. The highest BCUT2D eigenvalue weighted by molar-refractivity contribution is 9.10. The third kappa shape index (κ3) is 5.29. The Balaban J connectivity index is 1.95. The lowest BCUT2D eigenvalue weighted by Crippen LogP contribution is -2.28. The van der Waals surface area contributed by atoms with Crippen molar-refractivity contribution in [2.75, 3.05) is 27.9 Å². The van der Waals surface area contributed by atoms with E-state index in [9.17, 15) is 4.79 Å². The second-order valence-electron chi connectivity index (χ2n) is 5.06. The summed E-state index contributed by atoms with van der Waals surface area (Å²) in [5, 5.41) is 2.80. The van der Waals surface area contributed by atoms with Gasteiger partial charge in [-0.2, -0.15) is 0 Å². The molecule has 7 heteroatoms. The number of rotatable bonds is 8. The minimum Gasteiger partial charge on any atom is -0.493 e. The Labute approximate surface area is 155 Å². The van der Waals surface area contributed by atoms with E-state index in [0.717, 1.165) is 10.0 Å². The fourth-order valence-corrected chi connectivity index (χ4v) is 2.57. The molecule has 0 saturated carbocycles. The summed E-state index contributed by atoms with van der Waals surface area (Å²) < 4.78 is 22.2. The molecule has 2 aromatic rings. The van der Waals surface area contributed by atoms with Crippen molar-refractivity contribution in [1.82, 2.24) is 5.32 Å². The van der Waals surface area contributed by atoms with Crippen LogP contribution in [-0.2, 0) is 11.3 Å². The zero-order chi connectivity index (χ0) is 18.2. The summed E-state index contributed by atoms with van der Waals surface area (Å²) in [4.78, 5) is 12.0. The molecule has 1 N–H and O–H groups in total. The van der Waals surface area contributed by atoms with Gasteiger partial charge in [-0.3, -0.25) is 4.79 Å². The third-order valence-corrected chi connectivity index (χ3v) is 3.87. The number of nitrogens with one attached hydrogen (secondary N) is 1.